The molecule has 1 saturated heterocycles. The Bertz CT molecular complexity index is 794. The number of hydrogen-bond acceptors (Lipinski definition) is 3. The van der Waals surface area contributed by atoms with Crippen molar-refractivity contribution in [3.8, 4) is 5.75 Å². The molecule has 1 aliphatic rings. The number of likely N-dealkylation sites (tertiary alicyclic amines) is 1. The summed E-state index contributed by atoms with van der Waals surface area (Å²) in [5.74, 6) is 0.711. The van der Waals surface area contributed by atoms with Crippen molar-refractivity contribution in [1.82, 2.24) is 4.90 Å². The maximum atomic E-state index is 13.3. The smallest absolute Gasteiger partial charge is 0.259 e. The van der Waals surface area contributed by atoms with Crippen molar-refractivity contribution >= 4 is 17.5 Å². The molecule has 0 spiro atoms. The lowest BCUT2D eigenvalue weighted by Crippen LogP contribution is -2.42. The molecule has 26 heavy (non-hydrogen) atoms. The second-order valence-electron chi connectivity index (χ2n) is 6.71. The van der Waals surface area contributed by atoms with E-state index >= 15 is 0 Å². The summed E-state index contributed by atoms with van der Waals surface area (Å²) in [4.78, 5) is 28.7. The lowest BCUT2D eigenvalue weighted by atomic mass is 10.1. The first kappa shape index (κ1) is 18.0. The van der Waals surface area contributed by atoms with Crippen LogP contribution in [0.25, 0.3) is 0 Å². The van der Waals surface area contributed by atoms with E-state index in [9.17, 15) is 9.59 Å². The van der Waals surface area contributed by atoms with E-state index < -0.39 is 0 Å². The van der Waals surface area contributed by atoms with Gasteiger partial charge in [-0.05, 0) is 56.7 Å². The summed E-state index contributed by atoms with van der Waals surface area (Å²) in [5.41, 5.74) is 3.46. The van der Waals surface area contributed by atoms with Gasteiger partial charge in [-0.1, -0.05) is 17.2 Å². The van der Waals surface area contributed by atoms with Crippen LogP contribution in [0, 0.1) is 13.8 Å². The molecular formula is C21H24N2O3. The van der Waals surface area contributed by atoms with E-state index in [2.05, 4.69) is 0 Å². The Hall–Kier alpha value is -2.82. The zero-order valence-corrected chi connectivity index (χ0v) is 15.5. The van der Waals surface area contributed by atoms with E-state index in [1.54, 1.807) is 16.9 Å². The van der Waals surface area contributed by atoms with Gasteiger partial charge in [-0.2, -0.15) is 0 Å². The Kier molecular flexibility index (Phi) is 5.26. The third kappa shape index (κ3) is 3.87. The van der Waals surface area contributed by atoms with Crippen LogP contribution in [-0.4, -0.2) is 37.0 Å². The molecule has 0 aliphatic carbocycles. The van der Waals surface area contributed by atoms with Crippen LogP contribution in [0.4, 0.5) is 5.69 Å². The molecule has 136 valence electrons. The van der Waals surface area contributed by atoms with Crippen molar-refractivity contribution in [3.63, 3.8) is 0 Å². The number of benzene rings is 2. The van der Waals surface area contributed by atoms with E-state index in [4.69, 9.17) is 4.74 Å². The fourth-order valence-electron chi connectivity index (χ4n) is 3.30. The zero-order valence-electron chi connectivity index (χ0n) is 15.5. The summed E-state index contributed by atoms with van der Waals surface area (Å²) in [6.45, 7) is 4.90. The summed E-state index contributed by atoms with van der Waals surface area (Å²) in [7, 11) is 1.61. The molecule has 0 radical (unpaired) electrons. The normalized spacial score (nSPS) is 13.8. The summed E-state index contributed by atoms with van der Waals surface area (Å²) < 4.78 is 5.21. The van der Waals surface area contributed by atoms with Gasteiger partial charge in [0.1, 0.15) is 12.4 Å². The molecule has 1 heterocycles. The Morgan fingerprint density at radius 1 is 1.12 bits per heavy atom. The molecule has 2 aromatic carbocycles. The van der Waals surface area contributed by atoms with Gasteiger partial charge in [0.05, 0.1) is 7.11 Å². The number of rotatable bonds is 5. The van der Waals surface area contributed by atoms with Crippen molar-refractivity contribution < 1.29 is 14.3 Å². The van der Waals surface area contributed by atoms with Crippen LogP contribution in [0.2, 0.25) is 0 Å². The van der Waals surface area contributed by atoms with E-state index in [0.717, 1.165) is 29.0 Å². The van der Waals surface area contributed by atoms with Crippen molar-refractivity contribution in [3.05, 3.63) is 59.2 Å². The average Bonchev–Trinajstić information content (AvgIpc) is 3.03. The molecule has 5 heteroatoms. The van der Waals surface area contributed by atoms with Crippen molar-refractivity contribution in [1.29, 1.82) is 0 Å². The van der Waals surface area contributed by atoms with E-state index in [1.807, 2.05) is 56.3 Å². The highest BCUT2D eigenvalue weighted by Crippen LogP contribution is 2.23. The van der Waals surface area contributed by atoms with Gasteiger partial charge >= 0.3 is 0 Å². The highest BCUT2D eigenvalue weighted by molar-refractivity contribution is 6.06. The van der Waals surface area contributed by atoms with Gasteiger partial charge < -0.3 is 9.64 Å². The first-order chi connectivity index (χ1) is 12.5. The summed E-state index contributed by atoms with van der Waals surface area (Å²) in [6.07, 6.45) is 1.39. The number of nitrogens with zero attached hydrogens (tertiary/aromatic N) is 2. The molecule has 0 bridgehead atoms. The molecule has 2 amide bonds. The molecule has 0 atom stereocenters. The molecule has 0 unspecified atom stereocenters. The molecule has 2 aromatic rings. The monoisotopic (exact) mass is 352 g/mol. The van der Waals surface area contributed by atoms with Gasteiger partial charge in [0, 0.05) is 24.2 Å². The number of aryl methyl sites for hydroxylation is 2. The molecule has 3 rings (SSSR count). The van der Waals surface area contributed by atoms with Crippen LogP contribution in [0.3, 0.4) is 0 Å². The van der Waals surface area contributed by atoms with Crippen LogP contribution in [-0.2, 0) is 4.79 Å². The Morgan fingerprint density at radius 3 is 2.31 bits per heavy atom. The van der Waals surface area contributed by atoms with Gasteiger partial charge in [-0.3, -0.25) is 14.5 Å². The third-order valence-corrected chi connectivity index (χ3v) is 4.58. The quantitative estimate of drug-likeness (QED) is 0.827. The summed E-state index contributed by atoms with van der Waals surface area (Å²) in [5, 5.41) is 0. The molecule has 0 aromatic heterocycles. The molecule has 1 fully saturated rings. The Morgan fingerprint density at radius 2 is 1.77 bits per heavy atom. The molecular weight excluding hydrogens is 328 g/mol. The molecule has 0 saturated carbocycles. The lowest BCUT2D eigenvalue weighted by molar-refractivity contribution is -0.127. The second-order valence-corrected chi connectivity index (χ2v) is 6.71. The fraction of sp³-hybridized carbons (Fsp3) is 0.333. The van der Waals surface area contributed by atoms with Crippen molar-refractivity contribution in [2.45, 2.75) is 26.7 Å². The van der Waals surface area contributed by atoms with E-state index in [1.165, 1.54) is 0 Å². The number of anilines is 1. The fourth-order valence-corrected chi connectivity index (χ4v) is 3.30. The largest absolute Gasteiger partial charge is 0.497 e. The predicted molar refractivity (Wildman–Crippen MR) is 102 cm³/mol. The van der Waals surface area contributed by atoms with Crippen LogP contribution < -0.4 is 9.64 Å². The minimum atomic E-state index is -0.110. The number of methoxy groups -OCH3 is 1. The Balaban J connectivity index is 1.95. The minimum absolute atomic E-state index is 0.0942. The van der Waals surface area contributed by atoms with Crippen molar-refractivity contribution in [2.75, 3.05) is 25.2 Å². The van der Waals surface area contributed by atoms with Crippen LogP contribution in [0.5, 0.6) is 5.75 Å². The van der Waals surface area contributed by atoms with Gasteiger partial charge in [-0.15, -0.1) is 0 Å². The number of carbonyl (C=O) groups excluding carboxylic acids is 2. The number of ether oxygens (including phenoxy) is 1. The van der Waals surface area contributed by atoms with Gasteiger partial charge in [0.15, 0.2) is 0 Å². The maximum Gasteiger partial charge on any atom is 0.259 e. The van der Waals surface area contributed by atoms with Crippen LogP contribution >= 0.6 is 0 Å². The first-order valence-electron chi connectivity index (χ1n) is 8.80. The average molecular weight is 352 g/mol. The molecule has 0 N–H and O–H groups in total. The van der Waals surface area contributed by atoms with Crippen LogP contribution in [0.15, 0.2) is 42.5 Å². The van der Waals surface area contributed by atoms with Gasteiger partial charge in [0.2, 0.25) is 5.91 Å². The number of carbonyl (C=O) groups is 2. The van der Waals surface area contributed by atoms with E-state index in [0.29, 0.717) is 18.5 Å². The van der Waals surface area contributed by atoms with Gasteiger partial charge in [0.25, 0.3) is 5.91 Å². The summed E-state index contributed by atoms with van der Waals surface area (Å²) in [6, 6.07) is 13.2. The SMILES string of the molecule is COc1ccc(N(CN2CCCC2=O)C(=O)c2cc(C)cc(C)c2)cc1. The van der Waals surface area contributed by atoms with Crippen LogP contribution in [0.1, 0.15) is 34.3 Å². The number of hydrogen-bond donors (Lipinski definition) is 0. The lowest BCUT2D eigenvalue weighted by Gasteiger charge is -2.28. The standard InChI is InChI=1S/C21H24N2O3/c1-15-11-16(2)13-17(12-15)21(25)23(14-22-10-4-5-20(22)24)18-6-8-19(26-3)9-7-18/h6-9,11-13H,4-5,10,14H2,1-3H3. The van der Waals surface area contributed by atoms with E-state index in [-0.39, 0.29) is 18.5 Å². The minimum Gasteiger partial charge on any atom is -0.497 e. The topological polar surface area (TPSA) is 49.9 Å². The maximum absolute atomic E-state index is 13.3. The molecule has 1 aliphatic heterocycles. The third-order valence-electron chi connectivity index (χ3n) is 4.58. The zero-order chi connectivity index (χ0) is 18.7. The summed E-state index contributed by atoms with van der Waals surface area (Å²) >= 11 is 0. The predicted octanol–water partition coefficient (Wildman–Crippen LogP) is 3.54. The highest BCUT2D eigenvalue weighted by Gasteiger charge is 2.26. The number of amides is 2. The second kappa shape index (κ2) is 7.60. The van der Waals surface area contributed by atoms with Crippen molar-refractivity contribution in [2.24, 2.45) is 0 Å². The van der Waals surface area contributed by atoms with Gasteiger partial charge in [-0.25, -0.2) is 0 Å². The molecule has 5 nitrogen and oxygen atoms in total. The highest BCUT2D eigenvalue weighted by atomic mass is 16.5. The Labute approximate surface area is 154 Å². The first-order valence-corrected chi connectivity index (χ1v) is 8.80.